The number of ketones is 1. The summed E-state index contributed by atoms with van der Waals surface area (Å²) in [4.78, 5) is 39.6. The zero-order valence-electron chi connectivity index (χ0n) is 16.0. The van der Waals surface area contributed by atoms with Crippen molar-refractivity contribution in [2.24, 2.45) is 0 Å². The number of para-hydroxylation sites is 1. The molecule has 2 atom stereocenters. The first kappa shape index (κ1) is 20.2. The van der Waals surface area contributed by atoms with Gasteiger partial charge in [-0.25, -0.2) is 9.59 Å². The molecule has 0 radical (unpaired) electrons. The number of H-pyrrole nitrogens is 1. The lowest BCUT2D eigenvalue weighted by Crippen LogP contribution is -2.33. The quantitative estimate of drug-likeness (QED) is 0.592. The van der Waals surface area contributed by atoms with Crippen LogP contribution in [-0.2, 0) is 14.3 Å². The predicted molar refractivity (Wildman–Crippen MR) is 98.0 cm³/mol. The average molecular weight is 373 g/mol. The van der Waals surface area contributed by atoms with E-state index in [1.54, 1.807) is 45.0 Å². The van der Waals surface area contributed by atoms with Gasteiger partial charge in [0.2, 0.25) is 5.78 Å². The van der Waals surface area contributed by atoms with Crippen LogP contribution in [0.4, 0.5) is 0 Å². The van der Waals surface area contributed by atoms with Crippen molar-refractivity contribution in [1.82, 2.24) is 4.98 Å². The van der Waals surface area contributed by atoms with Crippen molar-refractivity contribution in [2.45, 2.75) is 39.9 Å². The van der Waals surface area contributed by atoms with E-state index < -0.39 is 29.9 Å². The van der Waals surface area contributed by atoms with Crippen molar-refractivity contribution in [3.05, 3.63) is 52.8 Å². The largest absolute Gasteiger partial charge is 0.479 e. The van der Waals surface area contributed by atoms with Gasteiger partial charge in [-0.3, -0.25) is 4.79 Å². The van der Waals surface area contributed by atoms with Gasteiger partial charge in [0.15, 0.2) is 12.2 Å². The normalized spacial score (nSPS) is 12.8. The molecule has 7 heteroatoms. The lowest BCUT2D eigenvalue weighted by Gasteiger charge is -2.17. The van der Waals surface area contributed by atoms with Crippen molar-refractivity contribution >= 4 is 17.7 Å². The molecule has 0 saturated heterocycles. The Morgan fingerprint density at radius 2 is 1.63 bits per heavy atom. The number of hydrogen-bond donors (Lipinski definition) is 1. The minimum Gasteiger partial charge on any atom is -0.479 e. The number of benzene rings is 1. The van der Waals surface area contributed by atoms with Crippen LogP contribution < -0.4 is 4.74 Å². The van der Waals surface area contributed by atoms with Crippen molar-refractivity contribution in [1.29, 1.82) is 0 Å². The van der Waals surface area contributed by atoms with Crippen LogP contribution in [0.2, 0.25) is 0 Å². The van der Waals surface area contributed by atoms with Gasteiger partial charge in [0.05, 0.1) is 18.4 Å². The Balaban J connectivity index is 2.07. The van der Waals surface area contributed by atoms with Crippen molar-refractivity contribution < 1.29 is 28.6 Å². The Labute approximate surface area is 157 Å². The second-order valence-corrected chi connectivity index (χ2v) is 6.13. The van der Waals surface area contributed by atoms with E-state index in [1.165, 1.54) is 14.0 Å². The van der Waals surface area contributed by atoms with E-state index in [4.69, 9.17) is 14.2 Å². The molecule has 0 bridgehead atoms. The summed E-state index contributed by atoms with van der Waals surface area (Å²) in [5.41, 5.74) is 1.49. The Morgan fingerprint density at radius 3 is 2.22 bits per heavy atom. The highest BCUT2D eigenvalue weighted by Gasteiger charge is 2.29. The maximum Gasteiger partial charge on any atom is 0.347 e. The van der Waals surface area contributed by atoms with E-state index >= 15 is 0 Å². The highest BCUT2D eigenvalue weighted by atomic mass is 16.6. The average Bonchev–Trinajstić information content (AvgIpc) is 2.95. The molecule has 1 heterocycles. The molecule has 27 heavy (non-hydrogen) atoms. The number of methoxy groups -OCH3 is 1. The second kappa shape index (κ2) is 8.53. The number of carbonyl (C=O) groups is 3. The molecule has 0 unspecified atom stereocenters. The van der Waals surface area contributed by atoms with Crippen LogP contribution in [-0.4, -0.2) is 42.0 Å². The Kier molecular flexibility index (Phi) is 6.39. The fourth-order valence-corrected chi connectivity index (χ4v) is 2.68. The molecule has 1 aromatic carbocycles. The number of aryl methyl sites for hydroxylation is 1. The summed E-state index contributed by atoms with van der Waals surface area (Å²) in [6, 6.07) is 8.85. The third-order valence-corrected chi connectivity index (χ3v) is 4.12. The molecule has 0 saturated carbocycles. The molecule has 0 spiro atoms. The molecule has 0 fully saturated rings. The number of hydrogen-bond acceptors (Lipinski definition) is 6. The molecule has 0 amide bonds. The number of Topliss-reactive ketones (excluding diaryl/α,β-unsaturated/α-hetero) is 1. The molecule has 7 nitrogen and oxygen atoms in total. The van der Waals surface area contributed by atoms with Crippen LogP contribution in [0.25, 0.3) is 0 Å². The fourth-order valence-electron chi connectivity index (χ4n) is 2.68. The first-order valence-electron chi connectivity index (χ1n) is 8.50. The van der Waals surface area contributed by atoms with Crippen molar-refractivity contribution in [2.75, 3.05) is 7.11 Å². The SMILES string of the molecule is COC(=O)c1c(C)[nH]c(C(=O)[C@H](C)OC(=O)[C@H](C)Oc2ccccc2)c1C. The third-order valence-electron chi connectivity index (χ3n) is 4.12. The molecule has 2 rings (SSSR count). The number of aromatic amines is 1. The van der Waals surface area contributed by atoms with Crippen LogP contribution in [0.3, 0.4) is 0 Å². The van der Waals surface area contributed by atoms with Gasteiger partial charge in [-0.05, 0) is 45.4 Å². The van der Waals surface area contributed by atoms with Crippen LogP contribution in [0, 0.1) is 13.8 Å². The number of ether oxygens (including phenoxy) is 3. The fraction of sp³-hybridized carbons (Fsp3) is 0.350. The summed E-state index contributed by atoms with van der Waals surface area (Å²) in [6.45, 7) is 6.33. The van der Waals surface area contributed by atoms with Gasteiger partial charge in [0, 0.05) is 5.69 Å². The summed E-state index contributed by atoms with van der Waals surface area (Å²) >= 11 is 0. The van der Waals surface area contributed by atoms with Crippen LogP contribution in [0.15, 0.2) is 30.3 Å². The maximum absolute atomic E-state index is 12.7. The standard InChI is InChI=1S/C20H23NO6/c1-11-16(20(24)25-5)12(2)21-17(11)18(22)13(3)27-19(23)14(4)26-15-9-7-6-8-10-15/h6-10,13-14,21H,1-5H3/t13-,14-/m0/s1. The molecular weight excluding hydrogens is 350 g/mol. The van der Waals surface area contributed by atoms with Crippen molar-refractivity contribution in [3.63, 3.8) is 0 Å². The number of carbonyl (C=O) groups excluding carboxylic acids is 3. The molecule has 0 aliphatic rings. The molecule has 1 aromatic heterocycles. The van der Waals surface area contributed by atoms with Crippen LogP contribution in [0.5, 0.6) is 5.75 Å². The Bertz CT molecular complexity index is 840. The van der Waals surface area contributed by atoms with Crippen molar-refractivity contribution in [3.8, 4) is 5.75 Å². The highest BCUT2D eigenvalue weighted by molar-refractivity contribution is 6.04. The Morgan fingerprint density at radius 1 is 1.00 bits per heavy atom. The summed E-state index contributed by atoms with van der Waals surface area (Å²) < 4.78 is 15.5. The zero-order chi connectivity index (χ0) is 20.1. The van der Waals surface area contributed by atoms with E-state index in [-0.39, 0.29) is 5.69 Å². The van der Waals surface area contributed by atoms with E-state index in [2.05, 4.69) is 4.98 Å². The smallest absolute Gasteiger partial charge is 0.347 e. The van der Waals surface area contributed by atoms with E-state index in [9.17, 15) is 14.4 Å². The zero-order valence-corrected chi connectivity index (χ0v) is 16.0. The van der Waals surface area contributed by atoms with E-state index in [0.29, 0.717) is 22.6 Å². The van der Waals surface area contributed by atoms with Gasteiger partial charge >= 0.3 is 11.9 Å². The topological polar surface area (TPSA) is 94.7 Å². The molecule has 144 valence electrons. The van der Waals surface area contributed by atoms with E-state index in [1.807, 2.05) is 6.07 Å². The van der Waals surface area contributed by atoms with Gasteiger partial charge in [0.25, 0.3) is 0 Å². The Hall–Kier alpha value is -3.09. The minimum absolute atomic E-state index is 0.213. The lowest BCUT2D eigenvalue weighted by atomic mass is 10.1. The monoisotopic (exact) mass is 373 g/mol. The number of aromatic nitrogens is 1. The highest BCUT2D eigenvalue weighted by Crippen LogP contribution is 2.21. The summed E-state index contributed by atoms with van der Waals surface area (Å²) in [5.74, 6) is -1.10. The first-order valence-corrected chi connectivity index (χ1v) is 8.50. The van der Waals surface area contributed by atoms with Gasteiger partial charge in [0.1, 0.15) is 5.75 Å². The van der Waals surface area contributed by atoms with Crippen LogP contribution in [0.1, 0.15) is 46.0 Å². The second-order valence-electron chi connectivity index (χ2n) is 6.13. The van der Waals surface area contributed by atoms with Crippen LogP contribution >= 0.6 is 0 Å². The summed E-state index contributed by atoms with van der Waals surface area (Å²) in [5, 5.41) is 0. The number of nitrogens with one attached hydrogen (secondary N) is 1. The predicted octanol–water partition coefficient (Wildman–Crippen LogP) is 3.00. The molecule has 2 aromatic rings. The summed E-state index contributed by atoms with van der Waals surface area (Å²) in [6.07, 6.45) is -1.92. The molecular formula is C20H23NO6. The third kappa shape index (κ3) is 4.55. The number of rotatable bonds is 7. The van der Waals surface area contributed by atoms with Gasteiger partial charge in [-0.15, -0.1) is 0 Å². The maximum atomic E-state index is 12.7. The molecule has 1 N–H and O–H groups in total. The van der Waals surface area contributed by atoms with Gasteiger partial charge in [-0.2, -0.15) is 0 Å². The summed E-state index contributed by atoms with van der Waals surface area (Å²) in [7, 11) is 1.27. The van der Waals surface area contributed by atoms with E-state index in [0.717, 1.165) is 0 Å². The minimum atomic E-state index is -1.04. The van der Waals surface area contributed by atoms with Gasteiger partial charge in [-0.1, -0.05) is 18.2 Å². The van der Waals surface area contributed by atoms with Gasteiger partial charge < -0.3 is 19.2 Å². The lowest BCUT2D eigenvalue weighted by molar-refractivity contribution is -0.153. The first-order chi connectivity index (χ1) is 12.8. The number of esters is 2. The molecule has 0 aliphatic carbocycles. The molecule has 0 aliphatic heterocycles.